The van der Waals surface area contributed by atoms with Crippen LogP contribution < -0.4 is 0 Å². The van der Waals surface area contributed by atoms with Gasteiger partial charge in [0.15, 0.2) is 0 Å². The van der Waals surface area contributed by atoms with Gasteiger partial charge in [0, 0.05) is 12.3 Å². The number of ether oxygens (including phenoxy) is 1. The highest BCUT2D eigenvalue weighted by atomic mass is 16.5. The molecular weight excluding hydrogens is 300 g/mol. The molecule has 0 aromatic rings. The molecule has 0 saturated heterocycles. The zero-order chi connectivity index (χ0) is 17.1. The smallest absolute Gasteiger partial charge is 0.302 e. The van der Waals surface area contributed by atoms with Gasteiger partial charge in [0.25, 0.3) is 0 Å². The van der Waals surface area contributed by atoms with E-state index in [1.54, 1.807) is 0 Å². The molecule has 4 aliphatic rings. The molecule has 4 rings (SSSR count). The predicted molar refractivity (Wildman–Crippen MR) is 93.4 cm³/mol. The molecule has 3 fully saturated rings. The number of carbonyl (C=O) groups excluding carboxylic acids is 1. The highest BCUT2D eigenvalue weighted by molar-refractivity contribution is 5.66. The van der Waals surface area contributed by atoms with Crippen molar-refractivity contribution >= 4 is 5.97 Å². The molecule has 7 atom stereocenters. The number of fused-ring (bicyclic) bond motifs is 5. The Bertz CT molecular complexity index is 567. The Morgan fingerprint density at radius 3 is 2.71 bits per heavy atom. The van der Waals surface area contributed by atoms with Crippen molar-refractivity contribution in [3.8, 4) is 0 Å². The number of aliphatic hydroxyl groups excluding tert-OH is 1. The number of carbonyl (C=O) groups is 1. The lowest BCUT2D eigenvalue weighted by atomic mass is 9.45. The van der Waals surface area contributed by atoms with Gasteiger partial charge in [0.1, 0.15) is 6.10 Å². The summed E-state index contributed by atoms with van der Waals surface area (Å²) < 4.78 is 5.54. The molecule has 2 unspecified atom stereocenters. The maximum Gasteiger partial charge on any atom is 0.302 e. The number of rotatable bonds is 1. The lowest BCUT2D eigenvalue weighted by molar-refractivity contribution is -0.159. The van der Waals surface area contributed by atoms with E-state index in [4.69, 9.17) is 4.74 Å². The van der Waals surface area contributed by atoms with Crippen molar-refractivity contribution in [3.63, 3.8) is 0 Å². The molecule has 3 saturated carbocycles. The minimum atomic E-state index is -0.127. The number of allylic oxidation sites excluding steroid dienone is 2. The van der Waals surface area contributed by atoms with E-state index >= 15 is 0 Å². The van der Waals surface area contributed by atoms with Crippen LogP contribution in [0.3, 0.4) is 0 Å². The summed E-state index contributed by atoms with van der Waals surface area (Å²) in [6.07, 6.45) is 11.5. The Morgan fingerprint density at radius 1 is 1.17 bits per heavy atom. The first-order valence-electron chi connectivity index (χ1n) is 9.91. The van der Waals surface area contributed by atoms with E-state index in [9.17, 15) is 9.90 Å². The van der Waals surface area contributed by atoms with Crippen LogP contribution in [-0.2, 0) is 9.53 Å². The molecule has 0 amide bonds. The van der Waals surface area contributed by atoms with Crippen LogP contribution in [-0.4, -0.2) is 17.2 Å². The average Bonchev–Trinajstić information content (AvgIpc) is 2.83. The lowest BCUT2D eigenvalue weighted by Gasteiger charge is -2.60. The maximum atomic E-state index is 11.3. The van der Waals surface area contributed by atoms with Crippen LogP contribution in [0.1, 0.15) is 72.1 Å². The molecule has 134 valence electrons. The fourth-order valence-corrected chi connectivity index (χ4v) is 7.11. The van der Waals surface area contributed by atoms with Gasteiger partial charge in [-0.1, -0.05) is 13.8 Å². The van der Waals surface area contributed by atoms with Crippen molar-refractivity contribution in [2.24, 2.45) is 34.5 Å². The molecule has 0 bridgehead atoms. The summed E-state index contributed by atoms with van der Waals surface area (Å²) in [5.41, 5.74) is 0.443. The summed E-state index contributed by atoms with van der Waals surface area (Å²) in [4.78, 5) is 11.3. The summed E-state index contributed by atoms with van der Waals surface area (Å²) in [6, 6.07) is 0. The summed E-state index contributed by atoms with van der Waals surface area (Å²) in [5, 5.41) is 10.4. The van der Waals surface area contributed by atoms with Crippen molar-refractivity contribution in [3.05, 3.63) is 11.8 Å². The molecule has 3 heteroatoms. The van der Waals surface area contributed by atoms with Crippen molar-refractivity contribution < 1.29 is 14.6 Å². The Morgan fingerprint density at radius 2 is 1.96 bits per heavy atom. The fourth-order valence-electron chi connectivity index (χ4n) is 7.11. The topological polar surface area (TPSA) is 46.5 Å². The second kappa shape index (κ2) is 5.51. The van der Waals surface area contributed by atoms with Gasteiger partial charge < -0.3 is 9.84 Å². The Balaban J connectivity index is 1.54. The molecule has 3 nitrogen and oxygen atoms in total. The van der Waals surface area contributed by atoms with E-state index in [0.717, 1.165) is 37.5 Å². The van der Waals surface area contributed by atoms with E-state index in [0.29, 0.717) is 23.0 Å². The first kappa shape index (κ1) is 16.5. The molecule has 0 aromatic heterocycles. The van der Waals surface area contributed by atoms with Crippen molar-refractivity contribution in [1.29, 1.82) is 0 Å². The largest absolute Gasteiger partial charge is 0.512 e. The first-order chi connectivity index (χ1) is 11.3. The highest BCUT2D eigenvalue weighted by Gasteiger charge is 2.59. The zero-order valence-electron chi connectivity index (χ0n) is 15.4. The second-order valence-electron chi connectivity index (χ2n) is 9.44. The minimum absolute atomic E-state index is 0.0410. The molecule has 0 aliphatic heterocycles. The quantitative estimate of drug-likeness (QED) is 0.686. The van der Waals surface area contributed by atoms with Gasteiger partial charge in [-0.2, -0.15) is 0 Å². The van der Waals surface area contributed by atoms with Crippen LogP contribution in [0.25, 0.3) is 0 Å². The SMILES string of the molecule is CC(=O)OC1CC[C@@]2(C)C(CC[C@@H]3[C@@H]2CC[C@]2(C)C(O)=CC[C@@H]32)C1. The van der Waals surface area contributed by atoms with Crippen LogP contribution in [0.5, 0.6) is 0 Å². The van der Waals surface area contributed by atoms with E-state index in [1.165, 1.54) is 32.6 Å². The molecule has 24 heavy (non-hydrogen) atoms. The molecule has 1 N–H and O–H groups in total. The molecule has 0 radical (unpaired) electrons. The van der Waals surface area contributed by atoms with Crippen LogP contribution in [0.4, 0.5) is 0 Å². The van der Waals surface area contributed by atoms with E-state index in [-0.39, 0.29) is 17.5 Å². The molecule has 0 spiro atoms. The molecular formula is C21H32O3. The second-order valence-corrected chi connectivity index (χ2v) is 9.44. The Hall–Kier alpha value is -0.990. The fraction of sp³-hybridized carbons (Fsp3) is 0.857. The highest BCUT2D eigenvalue weighted by Crippen LogP contribution is 2.66. The molecule has 0 heterocycles. The summed E-state index contributed by atoms with van der Waals surface area (Å²) in [7, 11) is 0. The van der Waals surface area contributed by atoms with Gasteiger partial charge in [0.2, 0.25) is 0 Å². The third kappa shape index (κ3) is 2.26. The Labute approximate surface area is 145 Å². The van der Waals surface area contributed by atoms with Gasteiger partial charge in [-0.25, -0.2) is 0 Å². The number of esters is 1. The average molecular weight is 332 g/mol. The minimum Gasteiger partial charge on any atom is -0.512 e. The van der Waals surface area contributed by atoms with Gasteiger partial charge in [-0.3, -0.25) is 4.79 Å². The van der Waals surface area contributed by atoms with Crippen molar-refractivity contribution in [2.75, 3.05) is 0 Å². The van der Waals surface area contributed by atoms with Gasteiger partial charge in [-0.05, 0) is 86.5 Å². The van der Waals surface area contributed by atoms with Gasteiger partial charge in [-0.15, -0.1) is 0 Å². The first-order valence-corrected chi connectivity index (χ1v) is 9.91. The van der Waals surface area contributed by atoms with Crippen LogP contribution in [0, 0.1) is 34.5 Å². The Kier molecular flexibility index (Phi) is 3.78. The van der Waals surface area contributed by atoms with Crippen molar-refractivity contribution in [2.45, 2.75) is 78.2 Å². The molecule has 0 aromatic carbocycles. The van der Waals surface area contributed by atoms with Crippen LogP contribution in [0.15, 0.2) is 11.8 Å². The van der Waals surface area contributed by atoms with Gasteiger partial charge >= 0.3 is 5.97 Å². The third-order valence-electron chi connectivity index (χ3n) is 8.49. The van der Waals surface area contributed by atoms with Crippen LogP contribution >= 0.6 is 0 Å². The van der Waals surface area contributed by atoms with E-state index in [1.807, 2.05) is 0 Å². The zero-order valence-corrected chi connectivity index (χ0v) is 15.4. The summed E-state index contributed by atoms with van der Waals surface area (Å²) in [6.45, 7) is 6.34. The number of hydrogen-bond donors (Lipinski definition) is 1. The van der Waals surface area contributed by atoms with Crippen molar-refractivity contribution in [1.82, 2.24) is 0 Å². The summed E-state index contributed by atoms with van der Waals surface area (Å²) in [5.74, 6) is 3.42. The third-order valence-corrected chi connectivity index (χ3v) is 8.49. The standard InChI is InChI=1S/C21H32O3/c1-13(22)24-15-8-10-20(2)14(12-15)4-5-16-17-6-7-19(23)21(17,3)11-9-18(16)20/h7,14-18,23H,4-6,8-12H2,1-3H3/t14?,15?,16-,17-,18-,20-,21-/m0/s1. The predicted octanol–water partition coefficient (Wildman–Crippen LogP) is 5.01. The van der Waals surface area contributed by atoms with Crippen LogP contribution in [0.2, 0.25) is 0 Å². The summed E-state index contributed by atoms with van der Waals surface area (Å²) >= 11 is 0. The monoisotopic (exact) mass is 332 g/mol. The normalized spacial score (nSPS) is 50.3. The lowest BCUT2D eigenvalue weighted by Crippen LogP contribution is -2.53. The molecule has 4 aliphatic carbocycles. The maximum absolute atomic E-state index is 11.3. The van der Waals surface area contributed by atoms with E-state index < -0.39 is 0 Å². The number of hydrogen-bond acceptors (Lipinski definition) is 3. The number of aliphatic hydroxyl groups is 1. The van der Waals surface area contributed by atoms with E-state index in [2.05, 4.69) is 19.9 Å². The van der Waals surface area contributed by atoms with Gasteiger partial charge in [0.05, 0.1) is 5.76 Å².